The van der Waals surface area contributed by atoms with Gasteiger partial charge in [-0.15, -0.1) is 10.2 Å². The van der Waals surface area contributed by atoms with Crippen molar-refractivity contribution in [3.05, 3.63) is 120 Å². The van der Waals surface area contributed by atoms with Crippen molar-refractivity contribution >= 4 is 23.8 Å². The molecule has 0 bridgehead atoms. The highest BCUT2D eigenvalue weighted by Gasteiger charge is 2.23. The SMILES string of the molecule is COC(=O)[C@H](Cc1ccccc1)NC(=O)CCc1cn(-c2cccc(-n3cc(CCC(=O)N[C@@H](Cc4ccccc4)C(=O)OC)nn3)c2)nn1. The lowest BCUT2D eigenvalue weighted by atomic mass is 10.1. The molecule has 0 aliphatic heterocycles. The highest BCUT2D eigenvalue weighted by atomic mass is 16.5. The van der Waals surface area contributed by atoms with Crippen molar-refractivity contribution < 1.29 is 28.7 Å². The topological polar surface area (TPSA) is 172 Å². The van der Waals surface area contributed by atoms with E-state index in [0.717, 1.165) is 11.1 Å². The monoisotopic (exact) mass is 678 g/mol. The van der Waals surface area contributed by atoms with Crippen LogP contribution >= 0.6 is 0 Å². The van der Waals surface area contributed by atoms with Crippen LogP contribution in [0.2, 0.25) is 0 Å². The molecular formula is C36H38N8O6. The molecule has 0 aliphatic rings. The summed E-state index contributed by atoms with van der Waals surface area (Å²) in [5.74, 6) is -1.63. The van der Waals surface area contributed by atoms with E-state index in [1.807, 2.05) is 84.9 Å². The summed E-state index contributed by atoms with van der Waals surface area (Å²) in [6.45, 7) is 0. The number of aryl methyl sites for hydroxylation is 2. The molecule has 2 heterocycles. The lowest BCUT2D eigenvalue weighted by molar-refractivity contribution is -0.145. The van der Waals surface area contributed by atoms with E-state index in [2.05, 4.69) is 31.3 Å². The van der Waals surface area contributed by atoms with Gasteiger partial charge in [0.15, 0.2) is 0 Å². The Balaban J connectivity index is 1.13. The summed E-state index contributed by atoms with van der Waals surface area (Å²) < 4.78 is 13.0. The van der Waals surface area contributed by atoms with Crippen molar-refractivity contribution in [1.29, 1.82) is 0 Å². The Bertz CT molecular complexity index is 1760. The van der Waals surface area contributed by atoms with Crippen LogP contribution in [0.25, 0.3) is 11.4 Å². The van der Waals surface area contributed by atoms with Gasteiger partial charge in [-0.25, -0.2) is 19.0 Å². The molecule has 0 saturated carbocycles. The molecular weight excluding hydrogens is 640 g/mol. The van der Waals surface area contributed by atoms with Crippen LogP contribution in [-0.4, -0.2) is 80.0 Å². The number of nitrogens with zero attached hydrogens (tertiary/aromatic N) is 6. The number of hydrogen-bond donors (Lipinski definition) is 2. The van der Waals surface area contributed by atoms with Crippen molar-refractivity contribution in [3.63, 3.8) is 0 Å². The normalized spacial score (nSPS) is 12.0. The Hall–Kier alpha value is -6.18. The number of esters is 2. The molecule has 0 radical (unpaired) electrons. The summed E-state index contributed by atoms with van der Waals surface area (Å²) in [7, 11) is 2.59. The van der Waals surface area contributed by atoms with Crippen molar-refractivity contribution in [2.24, 2.45) is 0 Å². The van der Waals surface area contributed by atoms with Crippen molar-refractivity contribution in [2.45, 2.75) is 50.6 Å². The first-order valence-electron chi connectivity index (χ1n) is 16.1. The largest absolute Gasteiger partial charge is 0.467 e. The third kappa shape index (κ3) is 9.92. The van der Waals surface area contributed by atoms with E-state index in [1.165, 1.54) is 14.2 Å². The van der Waals surface area contributed by atoms with E-state index in [0.29, 0.717) is 48.4 Å². The molecule has 0 fully saturated rings. The maximum Gasteiger partial charge on any atom is 0.328 e. The maximum atomic E-state index is 12.7. The Morgan fingerprint density at radius 2 is 1.04 bits per heavy atom. The Kier molecular flexibility index (Phi) is 12.1. The third-order valence-corrected chi connectivity index (χ3v) is 7.86. The van der Waals surface area contributed by atoms with Gasteiger partial charge in [-0.3, -0.25) is 9.59 Å². The molecule has 14 heteroatoms. The van der Waals surface area contributed by atoms with Crippen LogP contribution in [0.4, 0.5) is 0 Å². The number of rotatable bonds is 16. The predicted octanol–water partition coefficient (Wildman–Crippen LogP) is 2.51. The van der Waals surface area contributed by atoms with Gasteiger partial charge in [0.2, 0.25) is 11.8 Å². The Morgan fingerprint density at radius 3 is 1.44 bits per heavy atom. The molecule has 0 spiro atoms. The van der Waals surface area contributed by atoms with Crippen molar-refractivity contribution in [3.8, 4) is 11.4 Å². The van der Waals surface area contributed by atoms with E-state index in [1.54, 1.807) is 21.8 Å². The molecule has 2 N–H and O–H groups in total. The molecule has 258 valence electrons. The van der Waals surface area contributed by atoms with Gasteiger partial charge in [-0.1, -0.05) is 77.2 Å². The van der Waals surface area contributed by atoms with Gasteiger partial charge in [-0.2, -0.15) is 0 Å². The van der Waals surface area contributed by atoms with Crippen molar-refractivity contribution in [2.75, 3.05) is 14.2 Å². The number of ether oxygens (including phenoxy) is 2. The minimum atomic E-state index is -0.799. The van der Waals surface area contributed by atoms with Crippen LogP contribution < -0.4 is 10.6 Å². The number of methoxy groups -OCH3 is 2. The number of aromatic nitrogens is 6. The first-order valence-corrected chi connectivity index (χ1v) is 16.1. The maximum absolute atomic E-state index is 12.7. The molecule has 5 aromatic rings. The number of carbonyl (C=O) groups is 4. The molecule has 2 atom stereocenters. The highest BCUT2D eigenvalue weighted by Crippen LogP contribution is 2.15. The summed E-state index contributed by atoms with van der Waals surface area (Å²) in [5, 5.41) is 22.4. The molecule has 2 aromatic heterocycles. The number of carbonyl (C=O) groups excluding carboxylic acids is 4. The van der Waals surface area contributed by atoms with E-state index in [4.69, 9.17) is 9.47 Å². The minimum absolute atomic E-state index is 0.108. The van der Waals surface area contributed by atoms with Crippen molar-refractivity contribution in [1.82, 2.24) is 40.6 Å². The fourth-order valence-corrected chi connectivity index (χ4v) is 5.24. The molecule has 2 amide bonds. The predicted molar refractivity (Wildman–Crippen MR) is 181 cm³/mol. The number of amides is 2. The minimum Gasteiger partial charge on any atom is -0.467 e. The summed E-state index contributed by atoms with van der Waals surface area (Å²) in [5.41, 5.74) is 4.43. The molecule has 0 unspecified atom stereocenters. The van der Waals surface area contributed by atoms with Gasteiger partial charge >= 0.3 is 11.9 Å². The highest BCUT2D eigenvalue weighted by molar-refractivity contribution is 5.85. The fraction of sp³-hybridized carbons (Fsp3) is 0.278. The zero-order valence-electron chi connectivity index (χ0n) is 27.8. The second kappa shape index (κ2) is 17.3. The van der Waals surface area contributed by atoms with Crippen LogP contribution in [0, 0.1) is 0 Å². The zero-order chi connectivity index (χ0) is 35.3. The fourth-order valence-electron chi connectivity index (χ4n) is 5.24. The molecule has 3 aromatic carbocycles. The van der Waals surface area contributed by atoms with Gasteiger partial charge < -0.3 is 20.1 Å². The van der Waals surface area contributed by atoms with Gasteiger partial charge in [0.05, 0.1) is 49.4 Å². The van der Waals surface area contributed by atoms with Crippen LogP contribution in [-0.2, 0) is 54.3 Å². The van der Waals surface area contributed by atoms with Crippen LogP contribution in [0.15, 0.2) is 97.3 Å². The second-order valence-electron chi connectivity index (χ2n) is 11.5. The van der Waals surface area contributed by atoms with Crippen LogP contribution in [0.5, 0.6) is 0 Å². The van der Waals surface area contributed by atoms with Gasteiger partial charge in [0, 0.05) is 38.5 Å². The molecule has 0 saturated heterocycles. The lowest BCUT2D eigenvalue weighted by Crippen LogP contribution is -2.43. The number of nitrogens with one attached hydrogen (secondary N) is 2. The van der Waals surface area contributed by atoms with Gasteiger partial charge in [0.1, 0.15) is 12.1 Å². The second-order valence-corrected chi connectivity index (χ2v) is 11.5. The first-order chi connectivity index (χ1) is 24.3. The van der Waals surface area contributed by atoms with Gasteiger partial charge in [0.25, 0.3) is 0 Å². The van der Waals surface area contributed by atoms with E-state index in [9.17, 15) is 19.2 Å². The summed E-state index contributed by atoms with van der Waals surface area (Å²) >= 11 is 0. The average Bonchev–Trinajstić information content (AvgIpc) is 3.83. The quantitative estimate of drug-likeness (QED) is 0.148. The average molecular weight is 679 g/mol. The van der Waals surface area contributed by atoms with E-state index in [-0.39, 0.29) is 24.7 Å². The standard InChI is InChI=1S/C36H38N8O6/c1-49-35(47)31(20-25-10-5-3-6-11-25)37-33(45)18-16-27-23-43(41-39-27)29-14-9-15-30(22-29)44-24-28(40-42-44)17-19-34(46)38-32(36(48)50-2)21-26-12-7-4-8-13-26/h3-15,22-24,31-32H,16-21H2,1-2H3,(H,37,45)(H,38,46)/t31-,32-/m0/s1. The third-order valence-electron chi connectivity index (χ3n) is 7.86. The summed E-state index contributed by atoms with van der Waals surface area (Å²) in [6, 6.07) is 24.6. The van der Waals surface area contributed by atoms with Crippen LogP contribution in [0.1, 0.15) is 35.4 Å². The molecule has 0 aliphatic carbocycles. The zero-order valence-corrected chi connectivity index (χ0v) is 27.8. The number of hydrogen-bond acceptors (Lipinski definition) is 10. The smallest absolute Gasteiger partial charge is 0.328 e. The molecule has 50 heavy (non-hydrogen) atoms. The number of benzene rings is 3. The first kappa shape index (κ1) is 35.1. The Labute approximate surface area is 288 Å². The van der Waals surface area contributed by atoms with Gasteiger partial charge in [-0.05, 0) is 29.3 Å². The summed E-state index contributed by atoms with van der Waals surface area (Å²) in [4.78, 5) is 50.0. The van der Waals surface area contributed by atoms with Crippen LogP contribution in [0.3, 0.4) is 0 Å². The lowest BCUT2D eigenvalue weighted by Gasteiger charge is -2.16. The van der Waals surface area contributed by atoms with E-state index < -0.39 is 24.0 Å². The summed E-state index contributed by atoms with van der Waals surface area (Å²) in [6.07, 6.45) is 4.96. The Morgan fingerprint density at radius 1 is 0.620 bits per heavy atom. The molecule has 5 rings (SSSR count). The molecule has 14 nitrogen and oxygen atoms in total. The van der Waals surface area contributed by atoms with E-state index >= 15 is 0 Å².